The van der Waals surface area contributed by atoms with Crippen molar-refractivity contribution in [3.63, 3.8) is 0 Å². The maximum absolute atomic E-state index is 12.7. The highest BCUT2D eigenvalue weighted by molar-refractivity contribution is 6.00. The molecule has 3 N–H and O–H groups in total. The summed E-state index contributed by atoms with van der Waals surface area (Å²) in [5.74, 6) is -0.191. The number of carbonyl (C=O) groups is 1. The lowest BCUT2D eigenvalue weighted by Crippen LogP contribution is -2.33. The first-order valence-electron chi connectivity index (χ1n) is 7.46. The number of Topliss-reactive ketones (excluding diaryl/α,β-unsaturated/α-hetero) is 1. The van der Waals surface area contributed by atoms with Gasteiger partial charge in [-0.05, 0) is 11.5 Å². The molecule has 0 saturated carbocycles. The molecular weight excluding hydrogens is 292 g/mol. The summed E-state index contributed by atoms with van der Waals surface area (Å²) >= 11 is 0. The van der Waals surface area contributed by atoms with Crippen LogP contribution in [0.25, 0.3) is 0 Å². The number of nitriles is 1. The molecule has 1 aromatic rings. The van der Waals surface area contributed by atoms with Crippen LogP contribution in [0.15, 0.2) is 47.1 Å². The van der Waals surface area contributed by atoms with E-state index in [4.69, 9.17) is 10.5 Å². The molecule has 0 spiro atoms. The molecule has 0 fully saturated rings. The number of aromatic hydroxyl groups is 1. The van der Waals surface area contributed by atoms with Crippen molar-refractivity contribution in [3.05, 3.63) is 52.6 Å². The number of para-hydroxylation sites is 1. The van der Waals surface area contributed by atoms with E-state index in [0.717, 1.165) is 0 Å². The Kier molecular flexibility index (Phi) is 3.41. The van der Waals surface area contributed by atoms with Crippen LogP contribution in [-0.4, -0.2) is 10.9 Å². The van der Waals surface area contributed by atoms with Crippen LogP contribution in [-0.2, 0) is 9.53 Å². The predicted octanol–water partition coefficient (Wildman–Crippen LogP) is 2.84. The molecule has 1 atom stereocenters. The molecule has 1 unspecified atom stereocenters. The van der Waals surface area contributed by atoms with Gasteiger partial charge in [0.2, 0.25) is 5.88 Å². The monoisotopic (exact) mass is 310 g/mol. The fourth-order valence-electron chi connectivity index (χ4n) is 3.33. The fourth-order valence-corrected chi connectivity index (χ4v) is 3.33. The number of nitrogens with zero attached hydrogens (tertiary/aromatic N) is 1. The average molecular weight is 310 g/mol. The molecule has 1 aliphatic carbocycles. The number of nitrogens with two attached hydrogens (primary N) is 1. The minimum absolute atomic E-state index is 0.00463. The molecule has 3 rings (SSSR count). The summed E-state index contributed by atoms with van der Waals surface area (Å²) in [7, 11) is 0. The van der Waals surface area contributed by atoms with Gasteiger partial charge in [0.1, 0.15) is 23.2 Å². The number of phenols is 1. The van der Waals surface area contributed by atoms with Gasteiger partial charge in [-0.2, -0.15) is 5.26 Å². The van der Waals surface area contributed by atoms with Crippen molar-refractivity contribution in [2.24, 2.45) is 11.1 Å². The highest BCUT2D eigenvalue weighted by Crippen LogP contribution is 2.49. The lowest BCUT2D eigenvalue weighted by Gasteiger charge is -2.37. The largest absolute Gasteiger partial charge is 0.508 e. The number of allylic oxidation sites excluding steroid dienone is 3. The van der Waals surface area contributed by atoms with Crippen molar-refractivity contribution >= 4 is 5.78 Å². The summed E-state index contributed by atoms with van der Waals surface area (Å²) in [4.78, 5) is 12.7. The molecule has 0 amide bonds. The van der Waals surface area contributed by atoms with Gasteiger partial charge in [-0.1, -0.05) is 32.0 Å². The van der Waals surface area contributed by atoms with E-state index in [1.54, 1.807) is 18.2 Å². The summed E-state index contributed by atoms with van der Waals surface area (Å²) in [5.41, 5.74) is 6.80. The van der Waals surface area contributed by atoms with Crippen LogP contribution < -0.4 is 5.73 Å². The van der Waals surface area contributed by atoms with E-state index in [1.807, 2.05) is 19.9 Å². The number of phenolic OH excluding ortho intramolecular Hbond substituents is 1. The lowest BCUT2D eigenvalue weighted by molar-refractivity contribution is -0.119. The van der Waals surface area contributed by atoms with E-state index in [0.29, 0.717) is 29.7 Å². The Morgan fingerprint density at radius 3 is 2.70 bits per heavy atom. The second-order valence-electron chi connectivity index (χ2n) is 6.76. The zero-order chi connectivity index (χ0) is 16.8. The number of hydrogen-bond acceptors (Lipinski definition) is 5. The van der Waals surface area contributed by atoms with E-state index in [2.05, 4.69) is 0 Å². The van der Waals surface area contributed by atoms with Crippen molar-refractivity contribution in [2.75, 3.05) is 0 Å². The Morgan fingerprint density at radius 1 is 1.35 bits per heavy atom. The third kappa shape index (κ3) is 2.46. The summed E-state index contributed by atoms with van der Waals surface area (Å²) in [6, 6.07) is 8.72. The SMILES string of the molecule is CC1(C)CC(=O)C2=C(C1)OC(N)=C(C#N)C2c1ccccc1O. The van der Waals surface area contributed by atoms with Crippen molar-refractivity contribution < 1.29 is 14.6 Å². The Bertz CT molecular complexity index is 797. The maximum atomic E-state index is 12.7. The first kappa shape index (κ1) is 15.2. The summed E-state index contributed by atoms with van der Waals surface area (Å²) in [5, 5.41) is 19.7. The standard InChI is InChI=1S/C18H18N2O3/c1-18(2)7-13(22)16-14(8-18)23-17(20)11(9-19)15(16)10-5-3-4-6-12(10)21/h3-6,15,21H,7-8,20H2,1-2H3. The van der Waals surface area contributed by atoms with Crippen LogP contribution in [0.5, 0.6) is 5.75 Å². The smallest absolute Gasteiger partial charge is 0.205 e. The molecule has 1 aromatic carbocycles. The minimum atomic E-state index is -0.673. The number of hydrogen-bond donors (Lipinski definition) is 2. The summed E-state index contributed by atoms with van der Waals surface area (Å²) < 4.78 is 5.60. The molecule has 1 aliphatic heterocycles. The third-order valence-electron chi connectivity index (χ3n) is 4.32. The molecule has 2 aliphatic rings. The molecule has 0 radical (unpaired) electrons. The van der Waals surface area contributed by atoms with Gasteiger partial charge < -0.3 is 15.6 Å². The van der Waals surface area contributed by atoms with Gasteiger partial charge in [0.25, 0.3) is 0 Å². The third-order valence-corrected chi connectivity index (χ3v) is 4.32. The molecule has 0 saturated heterocycles. The normalized spacial score (nSPS) is 23.2. The maximum Gasteiger partial charge on any atom is 0.205 e. The number of ketones is 1. The highest BCUT2D eigenvalue weighted by Gasteiger charge is 2.43. The average Bonchev–Trinajstić information content (AvgIpc) is 2.45. The van der Waals surface area contributed by atoms with Crippen LogP contribution in [0, 0.1) is 16.7 Å². The molecule has 23 heavy (non-hydrogen) atoms. The van der Waals surface area contributed by atoms with Crippen molar-refractivity contribution in [3.8, 4) is 11.8 Å². The van der Waals surface area contributed by atoms with Gasteiger partial charge in [-0.15, -0.1) is 0 Å². The van der Waals surface area contributed by atoms with Gasteiger partial charge in [-0.3, -0.25) is 4.79 Å². The predicted molar refractivity (Wildman–Crippen MR) is 83.8 cm³/mol. The van der Waals surface area contributed by atoms with Crippen LogP contribution in [0.2, 0.25) is 0 Å². The Hall–Kier alpha value is -2.74. The lowest BCUT2D eigenvalue weighted by atomic mass is 9.70. The zero-order valence-electron chi connectivity index (χ0n) is 13.1. The Morgan fingerprint density at radius 2 is 2.04 bits per heavy atom. The van der Waals surface area contributed by atoms with E-state index >= 15 is 0 Å². The molecule has 118 valence electrons. The number of rotatable bonds is 1. The highest BCUT2D eigenvalue weighted by atomic mass is 16.5. The summed E-state index contributed by atoms with van der Waals surface area (Å²) in [6.45, 7) is 3.99. The second-order valence-corrected chi connectivity index (χ2v) is 6.76. The second kappa shape index (κ2) is 5.17. The summed E-state index contributed by atoms with van der Waals surface area (Å²) in [6.07, 6.45) is 0.940. The van der Waals surface area contributed by atoms with Gasteiger partial charge in [0.05, 0.1) is 5.92 Å². The topological polar surface area (TPSA) is 96.3 Å². The van der Waals surface area contributed by atoms with Crippen LogP contribution in [0.1, 0.15) is 38.2 Å². The van der Waals surface area contributed by atoms with Gasteiger partial charge in [-0.25, -0.2) is 0 Å². The quantitative estimate of drug-likeness (QED) is 0.831. The first-order chi connectivity index (χ1) is 10.8. The molecule has 0 aromatic heterocycles. The molecular formula is C18H18N2O3. The molecule has 1 heterocycles. The Balaban J connectivity index is 2.22. The van der Waals surface area contributed by atoms with Crippen molar-refractivity contribution in [2.45, 2.75) is 32.6 Å². The van der Waals surface area contributed by atoms with Gasteiger partial charge in [0, 0.05) is 24.0 Å². The number of ether oxygens (including phenoxy) is 1. The molecule has 0 bridgehead atoms. The first-order valence-corrected chi connectivity index (χ1v) is 7.46. The fraction of sp³-hybridized carbons (Fsp3) is 0.333. The minimum Gasteiger partial charge on any atom is -0.508 e. The van der Waals surface area contributed by atoms with Crippen LogP contribution in [0.4, 0.5) is 0 Å². The van der Waals surface area contributed by atoms with E-state index in [9.17, 15) is 15.2 Å². The molecule has 5 nitrogen and oxygen atoms in total. The van der Waals surface area contributed by atoms with Gasteiger partial charge >= 0.3 is 0 Å². The van der Waals surface area contributed by atoms with E-state index < -0.39 is 5.92 Å². The zero-order valence-corrected chi connectivity index (χ0v) is 13.1. The van der Waals surface area contributed by atoms with E-state index in [1.165, 1.54) is 6.07 Å². The molecule has 5 heteroatoms. The Labute approximate surface area is 134 Å². The van der Waals surface area contributed by atoms with Crippen molar-refractivity contribution in [1.82, 2.24) is 0 Å². The van der Waals surface area contributed by atoms with E-state index in [-0.39, 0.29) is 28.4 Å². The van der Waals surface area contributed by atoms with Crippen LogP contribution >= 0.6 is 0 Å². The van der Waals surface area contributed by atoms with Gasteiger partial charge in [0.15, 0.2) is 5.78 Å². The number of carbonyl (C=O) groups excluding carboxylic acids is 1. The van der Waals surface area contributed by atoms with Crippen molar-refractivity contribution in [1.29, 1.82) is 5.26 Å². The van der Waals surface area contributed by atoms with Crippen LogP contribution in [0.3, 0.4) is 0 Å². The number of benzene rings is 1.